The van der Waals surface area contributed by atoms with Gasteiger partial charge in [-0.05, 0) is 38.3 Å². The van der Waals surface area contributed by atoms with Gasteiger partial charge in [0, 0.05) is 30.7 Å². The second kappa shape index (κ2) is 5.29. The van der Waals surface area contributed by atoms with Gasteiger partial charge in [-0.1, -0.05) is 0 Å². The minimum atomic E-state index is -1.30. The number of halogens is 1. The van der Waals surface area contributed by atoms with Gasteiger partial charge in [-0.15, -0.1) is 0 Å². The molecule has 2 heterocycles. The zero-order valence-electron chi connectivity index (χ0n) is 13.8. The Morgan fingerprint density at radius 3 is 2.64 bits per heavy atom. The van der Waals surface area contributed by atoms with E-state index in [1.807, 2.05) is 0 Å². The molecule has 1 aliphatic heterocycles. The van der Waals surface area contributed by atoms with E-state index in [4.69, 9.17) is 0 Å². The van der Waals surface area contributed by atoms with Crippen LogP contribution in [0.3, 0.4) is 0 Å². The third-order valence-corrected chi connectivity index (χ3v) is 5.06. The first-order valence-corrected chi connectivity index (χ1v) is 8.36. The van der Waals surface area contributed by atoms with Crippen LogP contribution < -0.4 is 10.3 Å². The van der Waals surface area contributed by atoms with E-state index in [-0.39, 0.29) is 17.0 Å². The summed E-state index contributed by atoms with van der Waals surface area (Å²) in [5, 5.41) is 19.5. The van der Waals surface area contributed by atoms with Gasteiger partial charge in [0.1, 0.15) is 11.4 Å². The molecule has 1 saturated carbocycles. The van der Waals surface area contributed by atoms with E-state index in [0.29, 0.717) is 30.7 Å². The fourth-order valence-electron chi connectivity index (χ4n) is 3.56. The molecule has 0 spiro atoms. The molecule has 1 atom stereocenters. The Balaban J connectivity index is 1.93. The van der Waals surface area contributed by atoms with Crippen molar-refractivity contribution in [3.05, 3.63) is 39.9 Å². The quantitative estimate of drug-likeness (QED) is 0.890. The summed E-state index contributed by atoms with van der Waals surface area (Å²) in [5.41, 5.74) is -0.999. The molecule has 0 bridgehead atoms. The molecule has 2 aromatic rings. The number of β-amino-alcohol motifs (C(OH)–C–C–N with tert-alkyl or cyclic N) is 1. The summed E-state index contributed by atoms with van der Waals surface area (Å²) in [6, 6.07) is 2.88. The van der Waals surface area contributed by atoms with Crippen LogP contribution in [0.2, 0.25) is 0 Å². The average Bonchev–Trinajstić information content (AvgIpc) is 3.31. The molecule has 2 aliphatic rings. The van der Waals surface area contributed by atoms with Crippen LogP contribution in [0.4, 0.5) is 10.1 Å². The van der Waals surface area contributed by atoms with Crippen LogP contribution in [-0.2, 0) is 0 Å². The molecule has 4 rings (SSSR count). The molecule has 25 heavy (non-hydrogen) atoms. The first kappa shape index (κ1) is 16.1. The predicted octanol–water partition coefficient (Wildman–Crippen LogP) is 2.13. The van der Waals surface area contributed by atoms with Gasteiger partial charge in [-0.3, -0.25) is 4.79 Å². The summed E-state index contributed by atoms with van der Waals surface area (Å²) >= 11 is 0. The molecule has 1 unspecified atom stereocenters. The number of carboxylic acid groups (broad SMARTS) is 1. The molecule has 1 aromatic heterocycles. The fourth-order valence-corrected chi connectivity index (χ4v) is 3.56. The van der Waals surface area contributed by atoms with E-state index in [2.05, 4.69) is 0 Å². The summed E-state index contributed by atoms with van der Waals surface area (Å²) < 4.78 is 16.4. The summed E-state index contributed by atoms with van der Waals surface area (Å²) in [7, 11) is 0. The van der Waals surface area contributed by atoms with Crippen molar-refractivity contribution in [1.29, 1.82) is 0 Å². The topological polar surface area (TPSA) is 82.8 Å². The van der Waals surface area contributed by atoms with Crippen LogP contribution in [0.1, 0.15) is 42.6 Å². The highest BCUT2D eigenvalue weighted by Gasteiger charge is 2.33. The van der Waals surface area contributed by atoms with Crippen LogP contribution in [0.25, 0.3) is 10.9 Å². The van der Waals surface area contributed by atoms with Crippen molar-refractivity contribution in [3.8, 4) is 0 Å². The minimum absolute atomic E-state index is 0.0824. The number of hydrogen-bond acceptors (Lipinski definition) is 4. The van der Waals surface area contributed by atoms with Gasteiger partial charge in [0.2, 0.25) is 5.43 Å². The Bertz CT molecular complexity index is 946. The SMILES string of the molecule is CC1(O)CCN(c2cc3c(cc2F)c(=O)c(C(=O)O)cn3C2CC2)C1. The number of aromatic nitrogens is 1. The number of anilines is 1. The van der Waals surface area contributed by atoms with Gasteiger partial charge < -0.3 is 19.7 Å². The van der Waals surface area contributed by atoms with Crippen molar-refractivity contribution in [2.45, 2.75) is 37.8 Å². The number of benzene rings is 1. The monoisotopic (exact) mass is 346 g/mol. The standard InChI is InChI=1S/C18H19FN2O4/c1-18(25)4-5-20(9-18)15-7-14-11(6-13(15)19)16(22)12(17(23)24)8-21(14)10-2-3-10/h6-8,10,25H,2-5,9H2,1H3,(H,23,24). The normalized spacial score (nSPS) is 23.4. The summed E-state index contributed by atoms with van der Waals surface area (Å²) in [6.07, 6.45) is 3.72. The fraction of sp³-hybridized carbons (Fsp3) is 0.444. The third-order valence-electron chi connectivity index (χ3n) is 5.06. The van der Waals surface area contributed by atoms with Crippen molar-refractivity contribution in [2.75, 3.05) is 18.0 Å². The number of rotatable bonds is 3. The second-order valence-corrected chi connectivity index (χ2v) is 7.30. The summed E-state index contributed by atoms with van der Waals surface area (Å²) in [4.78, 5) is 25.6. The summed E-state index contributed by atoms with van der Waals surface area (Å²) in [6.45, 7) is 2.55. The van der Waals surface area contributed by atoms with E-state index in [0.717, 1.165) is 18.9 Å². The number of fused-ring (bicyclic) bond motifs is 1. The molecule has 6 nitrogen and oxygen atoms in total. The van der Waals surface area contributed by atoms with Crippen molar-refractivity contribution in [2.24, 2.45) is 0 Å². The molecule has 7 heteroatoms. The Kier molecular flexibility index (Phi) is 3.40. The maximum Gasteiger partial charge on any atom is 0.341 e. The largest absolute Gasteiger partial charge is 0.477 e. The molecule has 132 valence electrons. The van der Waals surface area contributed by atoms with Crippen LogP contribution >= 0.6 is 0 Å². The number of nitrogens with zero attached hydrogens (tertiary/aromatic N) is 2. The van der Waals surface area contributed by atoms with Crippen molar-refractivity contribution in [1.82, 2.24) is 4.57 Å². The van der Waals surface area contributed by atoms with Gasteiger partial charge in [0.25, 0.3) is 0 Å². The second-order valence-electron chi connectivity index (χ2n) is 7.30. The zero-order chi connectivity index (χ0) is 17.9. The first-order valence-electron chi connectivity index (χ1n) is 8.36. The van der Waals surface area contributed by atoms with Gasteiger partial charge in [-0.25, -0.2) is 9.18 Å². The highest BCUT2D eigenvalue weighted by molar-refractivity contribution is 5.93. The molecule has 0 radical (unpaired) electrons. The van der Waals surface area contributed by atoms with E-state index < -0.39 is 22.8 Å². The molecular weight excluding hydrogens is 327 g/mol. The highest BCUT2D eigenvalue weighted by atomic mass is 19.1. The van der Waals surface area contributed by atoms with Crippen LogP contribution in [-0.4, -0.2) is 39.4 Å². The lowest BCUT2D eigenvalue weighted by Gasteiger charge is -2.22. The third kappa shape index (κ3) is 2.68. The van der Waals surface area contributed by atoms with Gasteiger partial charge in [-0.2, -0.15) is 0 Å². The number of aromatic carboxylic acids is 1. The minimum Gasteiger partial charge on any atom is -0.477 e. The van der Waals surface area contributed by atoms with Crippen molar-refractivity contribution >= 4 is 22.6 Å². The van der Waals surface area contributed by atoms with Crippen molar-refractivity contribution in [3.63, 3.8) is 0 Å². The van der Waals surface area contributed by atoms with Crippen LogP contribution in [0, 0.1) is 5.82 Å². The molecule has 1 aliphatic carbocycles. The number of hydrogen-bond donors (Lipinski definition) is 2. The zero-order valence-corrected chi connectivity index (χ0v) is 13.8. The lowest BCUT2D eigenvalue weighted by molar-refractivity contribution is 0.0694. The Labute approximate surface area is 143 Å². The van der Waals surface area contributed by atoms with Crippen LogP contribution in [0.5, 0.6) is 0 Å². The lowest BCUT2D eigenvalue weighted by Crippen LogP contribution is -2.30. The predicted molar refractivity (Wildman–Crippen MR) is 90.9 cm³/mol. The molecule has 2 N–H and O–H groups in total. The number of aliphatic hydroxyl groups is 1. The molecule has 0 amide bonds. The molecule has 1 aromatic carbocycles. The Hall–Kier alpha value is -2.41. The number of carboxylic acids is 1. The van der Waals surface area contributed by atoms with Crippen LogP contribution in [0.15, 0.2) is 23.1 Å². The maximum atomic E-state index is 14.7. The smallest absolute Gasteiger partial charge is 0.341 e. The first-order chi connectivity index (χ1) is 11.8. The Morgan fingerprint density at radius 2 is 2.08 bits per heavy atom. The van der Waals surface area contributed by atoms with E-state index in [9.17, 15) is 24.2 Å². The summed E-state index contributed by atoms with van der Waals surface area (Å²) in [5.74, 6) is -1.88. The van der Waals surface area contributed by atoms with E-state index in [1.54, 1.807) is 22.5 Å². The maximum absolute atomic E-state index is 14.7. The molecular formula is C18H19FN2O4. The lowest BCUT2D eigenvalue weighted by atomic mass is 10.1. The molecule has 1 saturated heterocycles. The number of carbonyl (C=O) groups is 1. The van der Waals surface area contributed by atoms with Gasteiger partial charge >= 0.3 is 5.97 Å². The van der Waals surface area contributed by atoms with Gasteiger partial charge in [0.15, 0.2) is 0 Å². The van der Waals surface area contributed by atoms with Gasteiger partial charge in [0.05, 0.1) is 16.8 Å². The molecule has 2 fully saturated rings. The Morgan fingerprint density at radius 1 is 1.36 bits per heavy atom. The van der Waals surface area contributed by atoms with E-state index in [1.165, 1.54) is 6.20 Å². The average molecular weight is 346 g/mol. The van der Waals surface area contributed by atoms with Crippen molar-refractivity contribution < 1.29 is 19.4 Å². The van der Waals surface area contributed by atoms with E-state index >= 15 is 0 Å². The highest BCUT2D eigenvalue weighted by Crippen LogP contribution is 2.38. The number of pyridine rings is 1.